The van der Waals surface area contributed by atoms with Crippen LogP contribution in [0.3, 0.4) is 0 Å². The second-order valence-electron chi connectivity index (χ2n) is 4.11. The Labute approximate surface area is 93.6 Å². The molecule has 1 heterocycles. The van der Waals surface area contributed by atoms with Gasteiger partial charge in [-0.25, -0.2) is 0 Å². The van der Waals surface area contributed by atoms with Gasteiger partial charge in [-0.1, -0.05) is 18.2 Å². The lowest BCUT2D eigenvalue weighted by molar-refractivity contribution is -0.156. The van der Waals surface area contributed by atoms with Gasteiger partial charge in [0, 0.05) is 5.69 Å². The van der Waals surface area contributed by atoms with Crippen LogP contribution in [-0.2, 0) is 20.7 Å². The normalized spacial score (nSPS) is 23.2. The first-order valence-corrected chi connectivity index (χ1v) is 5.06. The van der Waals surface area contributed by atoms with Crippen molar-refractivity contribution < 1.29 is 14.3 Å². The maximum atomic E-state index is 11.9. The SMILES string of the molecule is COC(=O)[C@]1(C)Cc2ccccc2NC1=O. The molecule has 1 N–H and O–H groups in total. The van der Waals surface area contributed by atoms with Crippen molar-refractivity contribution >= 4 is 17.6 Å². The minimum Gasteiger partial charge on any atom is -0.468 e. The summed E-state index contributed by atoms with van der Waals surface area (Å²) in [5.41, 5.74) is 0.604. The first-order valence-electron chi connectivity index (χ1n) is 5.06. The van der Waals surface area contributed by atoms with Crippen LogP contribution < -0.4 is 5.32 Å². The molecule has 0 fully saturated rings. The lowest BCUT2D eigenvalue weighted by Gasteiger charge is -2.31. The summed E-state index contributed by atoms with van der Waals surface area (Å²) < 4.78 is 4.68. The van der Waals surface area contributed by atoms with Crippen molar-refractivity contribution in [2.45, 2.75) is 13.3 Å². The van der Waals surface area contributed by atoms with Crippen LogP contribution in [-0.4, -0.2) is 19.0 Å². The molecule has 0 bridgehead atoms. The van der Waals surface area contributed by atoms with Crippen molar-refractivity contribution in [1.82, 2.24) is 0 Å². The molecule has 0 saturated heterocycles. The van der Waals surface area contributed by atoms with Crippen molar-refractivity contribution in [3.05, 3.63) is 29.8 Å². The first kappa shape index (κ1) is 10.7. The molecular weight excluding hydrogens is 206 g/mol. The standard InChI is InChI=1S/C12H13NO3/c1-12(11(15)16-2)7-8-5-3-4-6-9(8)13-10(12)14/h3-6H,7H2,1-2H3,(H,13,14)/t12-/m1/s1. The summed E-state index contributed by atoms with van der Waals surface area (Å²) >= 11 is 0. The Morgan fingerprint density at radius 1 is 1.44 bits per heavy atom. The molecule has 0 saturated carbocycles. The number of benzene rings is 1. The van der Waals surface area contributed by atoms with E-state index in [0.717, 1.165) is 11.3 Å². The Hall–Kier alpha value is -1.84. The molecule has 1 aliphatic heterocycles. The predicted octanol–water partition coefficient (Wildman–Crippen LogP) is 1.36. The number of esters is 1. The van der Waals surface area contributed by atoms with Crippen LogP contribution in [0.25, 0.3) is 0 Å². The number of amides is 1. The number of anilines is 1. The van der Waals surface area contributed by atoms with Crippen molar-refractivity contribution in [2.24, 2.45) is 5.41 Å². The zero-order valence-corrected chi connectivity index (χ0v) is 9.24. The highest BCUT2D eigenvalue weighted by atomic mass is 16.5. The van der Waals surface area contributed by atoms with Gasteiger partial charge in [0.2, 0.25) is 5.91 Å². The first-order chi connectivity index (χ1) is 7.58. The predicted molar refractivity (Wildman–Crippen MR) is 58.9 cm³/mol. The number of rotatable bonds is 1. The minimum atomic E-state index is -1.12. The molecule has 1 aromatic carbocycles. The molecule has 0 radical (unpaired) electrons. The van der Waals surface area contributed by atoms with Gasteiger partial charge in [-0.3, -0.25) is 9.59 Å². The Bertz CT molecular complexity index is 455. The Kier molecular flexibility index (Phi) is 2.42. The van der Waals surface area contributed by atoms with E-state index in [1.807, 2.05) is 24.3 Å². The van der Waals surface area contributed by atoms with Gasteiger partial charge in [0.15, 0.2) is 0 Å². The maximum Gasteiger partial charge on any atom is 0.321 e. The third-order valence-corrected chi connectivity index (χ3v) is 2.95. The molecule has 1 atom stereocenters. The molecule has 16 heavy (non-hydrogen) atoms. The van der Waals surface area contributed by atoms with E-state index < -0.39 is 11.4 Å². The van der Waals surface area contributed by atoms with Crippen LogP contribution in [0.4, 0.5) is 5.69 Å². The van der Waals surface area contributed by atoms with Crippen molar-refractivity contribution in [1.29, 1.82) is 0 Å². The molecule has 2 rings (SSSR count). The Morgan fingerprint density at radius 3 is 2.81 bits per heavy atom. The van der Waals surface area contributed by atoms with Gasteiger partial charge < -0.3 is 10.1 Å². The summed E-state index contributed by atoms with van der Waals surface area (Å²) in [6.07, 6.45) is 0.377. The molecule has 4 nitrogen and oxygen atoms in total. The zero-order valence-electron chi connectivity index (χ0n) is 9.24. The van der Waals surface area contributed by atoms with Gasteiger partial charge in [0.05, 0.1) is 7.11 Å². The number of hydrogen-bond donors (Lipinski definition) is 1. The number of carbonyl (C=O) groups is 2. The number of para-hydroxylation sites is 1. The lowest BCUT2D eigenvalue weighted by atomic mass is 9.79. The number of methoxy groups -OCH3 is 1. The van der Waals surface area contributed by atoms with Crippen molar-refractivity contribution in [2.75, 3.05) is 12.4 Å². The average Bonchev–Trinajstić information content (AvgIpc) is 2.29. The molecule has 84 valence electrons. The van der Waals surface area contributed by atoms with E-state index in [0.29, 0.717) is 6.42 Å². The van der Waals surface area contributed by atoms with E-state index in [9.17, 15) is 9.59 Å². The highest BCUT2D eigenvalue weighted by molar-refractivity contribution is 6.10. The average molecular weight is 219 g/mol. The summed E-state index contributed by atoms with van der Waals surface area (Å²) in [7, 11) is 1.29. The quantitative estimate of drug-likeness (QED) is 0.573. The molecule has 0 aliphatic carbocycles. The van der Waals surface area contributed by atoms with E-state index in [2.05, 4.69) is 10.1 Å². The number of fused-ring (bicyclic) bond motifs is 1. The summed E-state index contributed by atoms with van der Waals surface area (Å²) in [6.45, 7) is 1.60. The van der Waals surface area contributed by atoms with Crippen LogP contribution in [0, 0.1) is 5.41 Å². The van der Waals surface area contributed by atoms with Gasteiger partial charge in [-0.05, 0) is 25.0 Å². The van der Waals surface area contributed by atoms with Gasteiger partial charge >= 0.3 is 5.97 Å². The number of ether oxygens (including phenoxy) is 1. The lowest BCUT2D eigenvalue weighted by Crippen LogP contribution is -2.46. The zero-order chi connectivity index (χ0) is 11.8. The highest BCUT2D eigenvalue weighted by Gasteiger charge is 2.45. The molecule has 0 unspecified atom stereocenters. The van der Waals surface area contributed by atoms with Gasteiger partial charge in [-0.2, -0.15) is 0 Å². The summed E-state index contributed by atoms with van der Waals surface area (Å²) in [6, 6.07) is 7.45. The van der Waals surface area contributed by atoms with Crippen LogP contribution in [0.1, 0.15) is 12.5 Å². The number of nitrogens with one attached hydrogen (secondary N) is 1. The molecular formula is C12H13NO3. The monoisotopic (exact) mass is 219 g/mol. The smallest absolute Gasteiger partial charge is 0.321 e. The molecule has 1 amide bonds. The number of hydrogen-bond acceptors (Lipinski definition) is 3. The van der Waals surface area contributed by atoms with Crippen LogP contribution in [0.2, 0.25) is 0 Å². The summed E-state index contributed by atoms with van der Waals surface area (Å²) in [5, 5.41) is 2.73. The van der Waals surface area contributed by atoms with E-state index in [4.69, 9.17) is 0 Å². The van der Waals surface area contributed by atoms with Crippen LogP contribution >= 0.6 is 0 Å². The van der Waals surface area contributed by atoms with Crippen LogP contribution in [0.15, 0.2) is 24.3 Å². The maximum absolute atomic E-state index is 11.9. The van der Waals surface area contributed by atoms with E-state index in [-0.39, 0.29) is 5.91 Å². The Balaban J connectivity index is 2.41. The fourth-order valence-corrected chi connectivity index (χ4v) is 1.91. The number of carbonyl (C=O) groups excluding carboxylic acids is 2. The second kappa shape index (κ2) is 3.63. The topological polar surface area (TPSA) is 55.4 Å². The fourth-order valence-electron chi connectivity index (χ4n) is 1.91. The largest absolute Gasteiger partial charge is 0.468 e. The second-order valence-corrected chi connectivity index (χ2v) is 4.11. The molecule has 0 aromatic heterocycles. The van der Waals surface area contributed by atoms with Crippen LogP contribution in [0.5, 0.6) is 0 Å². The molecule has 0 spiro atoms. The molecule has 1 aliphatic rings. The minimum absolute atomic E-state index is 0.307. The summed E-state index contributed by atoms with van der Waals surface area (Å²) in [5.74, 6) is -0.808. The molecule has 1 aromatic rings. The van der Waals surface area contributed by atoms with Gasteiger partial charge in [0.1, 0.15) is 5.41 Å². The summed E-state index contributed by atoms with van der Waals surface area (Å²) in [4.78, 5) is 23.5. The highest BCUT2D eigenvalue weighted by Crippen LogP contribution is 2.34. The van der Waals surface area contributed by atoms with E-state index in [1.165, 1.54) is 7.11 Å². The van der Waals surface area contributed by atoms with Crippen molar-refractivity contribution in [3.63, 3.8) is 0 Å². The third-order valence-electron chi connectivity index (χ3n) is 2.95. The molecule has 4 heteroatoms. The van der Waals surface area contributed by atoms with Gasteiger partial charge in [-0.15, -0.1) is 0 Å². The van der Waals surface area contributed by atoms with Gasteiger partial charge in [0.25, 0.3) is 0 Å². The van der Waals surface area contributed by atoms with E-state index in [1.54, 1.807) is 6.92 Å². The van der Waals surface area contributed by atoms with Crippen molar-refractivity contribution in [3.8, 4) is 0 Å². The Morgan fingerprint density at radius 2 is 2.12 bits per heavy atom. The fraction of sp³-hybridized carbons (Fsp3) is 0.333. The van der Waals surface area contributed by atoms with E-state index >= 15 is 0 Å². The third kappa shape index (κ3) is 1.46.